The third-order valence-electron chi connectivity index (χ3n) is 4.00. The van der Waals surface area contributed by atoms with Crippen LogP contribution in [0.4, 0.5) is 4.79 Å². The number of nitrogens with zero attached hydrogens (tertiary/aromatic N) is 1. The van der Waals surface area contributed by atoms with E-state index in [2.05, 4.69) is 10.3 Å². The number of aromatic nitrogens is 1. The normalized spacial score (nSPS) is 16.4. The predicted octanol–water partition coefficient (Wildman–Crippen LogP) is 2.80. The lowest BCUT2D eigenvalue weighted by atomic mass is 10.1. The van der Waals surface area contributed by atoms with Crippen LogP contribution in [0.1, 0.15) is 28.5 Å². The van der Waals surface area contributed by atoms with Gasteiger partial charge in [-0.05, 0) is 42.2 Å². The molecule has 0 bridgehead atoms. The molecule has 26 heavy (non-hydrogen) atoms. The summed E-state index contributed by atoms with van der Waals surface area (Å²) in [6.07, 6.45) is 3.04. The maximum atomic E-state index is 12.1. The number of hydrogen-bond acceptors (Lipinski definition) is 6. The van der Waals surface area contributed by atoms with Crippen molar-refractivity contribution in [1.82, 2.24) is 10.3 Å². The van der Waals surface area contributed by atoms with Crippen LogP contribution < -0.4 is 10.1 Å². The molecule has 1 saturated heterocycles. The van der Waals surface area contributed by atoms with Gasteiger partial charge in [-0.3, -0.25) is 24.7 Å². The largest absolute Gasteiger partial charge is 0.485 e. The Balaban J connectivity index is 1.53. The number of imide groups is 1. The van der Waals surface area contributed by atoms with E-state index in [9.17, 15) is 14.4 Å². The summed E-state index contributed by atoms with van der Waals surface area (Å²) in [6.45, 7) is 1.94. The molecule has 0 radical (unpaired) electrons. The lowest BCUT2D eigenvalue weighted by molar-refractivity contribution is -0.118. The highest BCUT2D eigenvalue weighted by atomic mass is 32.2. The molecule has 0 aliphatic carbocycles. The van der Waals surface area contributed by atoms with E-state index in [0.29, 0.717) is 17.9 Å². The van der Waals surface area contributed by atoms with Crippen molar-refractivity contribution in [3.8, 4) is 5.75 Å². The molecule has 0 saturated carbocycles. The van der Waals surface area contributed by atoms with E-state index in [1.165, 1.54) is 0 Å². The predicted molar refractivity (Wildman–Crippen MR) is 98.5 cm³/mol. The van der Waals surface area contributed by atoms with Crippen LogP contribution in [0.5, 0.6) is 5.75 Å². The molecule has 134 valence electrons. The van der Waals surface area contributed by atoms with Gasteiger partial charge < -0.3 is 4.74 Å². The molecule has 0 spiro atoms. The minimum atomic E-state index is -0.395. The van der Waals surface area contributed by atoms with Crippen molar-refractivity contribution in [2.75, 3.05) is 6.61 Å². The number of Topliss-reactive ketones (excluding diaryl/α,β-unsaturated/α-hetero) is 1. The molecule has 3 rings (SSSR count). The average molecular weight is 370 g/mol. The fourth-order valence-corrected chi connectivity index (χ4v) is 3.34. The monoisotopic (exact) mass is 370 g/mol. The summed E-state index contributed by atoms with van der Waals surface area (Å²) in [5, 5.41) is 1.57. The average Bonchev–Trinajstić information content (AvgIpc) is 2.98. The fraction of sp³-hybridized carbons (Fsp3) is 0.263. The molecule has 1 aliphatic rings. The summed E-state index contributed by atoms with van der Waals surface area (Å²) in [5.41, 5.74) is 2.38. The summed E-state index contributed by atoms with van der Waals surface area (Å²) in [5.74, 6) is 0.119. The molecule has 1 aliphatic heterocycles. The first-order valence-corrected chi connectivity index (χ1v) is 9.14. The number of ether oxygens (including phenoxy) is 1. The first-order chi connectivity index (χ1) is 12.5. The van der Waals surface area contributed by atoms with Gasteiger partial charge >= 0.3 is 0 Å². The lowest BCUT2D eigenvalue weighted by Gasteiger charge is -2.08. The minimum absolute atomic E-state index is 0.0901. The molecule has 6 nitrogen and oxygen atoms in total. The van der Waals surface area contributed by atoms with Gasteiger partial charge in [0.05, 0.1) is 5.25 Å². The molecule has 1 N–H and O–H groups in total. The first kappa shape index (κ1) is 18.1. The maximum Gasteiger partial charge on any atom is 0.286 e. The standard InChI is InChI=1S/C19H18N2O4S/c1-2-12-5-8-15(20-10-12)16(22)11-25-14-6-3-13(4-7-14)9-17-18(23)21-19(24)26-17/h3-8,10,17H,2,9,11H2,1H3,(H,21,23,24)/t17-/m0/s1. The van der Waals surface area contributed by atoms with Gasteiger partial charge in [-0.25, -0.2) is 0 Å². The Bertz CT molecular complexity index is 818. The van der Waals surface area contributed by atoms with E-state index >= 15 is 0 Å². The molecule has 7 heteroatoms. The van der Waals surface area contributed by atoms with Crippen molar-refractivity contribution >= 4 is 28.7 Å². The molecule has 2 aromatic rings. The molecule has 1 aromatic carbocycles. The number of benzene rings is 1. The van der Waals surface area contributed by atoms with Gasteiger partial charge in [-0.1, -0.05) is 36.9 Å². The highest BCUT2D eigenvalue weighted by Crippen LogP contribution is 2.23. The number of hydrogen-bond donors (Lipinski definition) is 1. The van der Waals surface area contributed by atoms with Crippen molar-refractivity contribution < 1.29 is 19.1 Å². The Labute approximate surface area is 155 Å². The van der Waals surface area contributed by atoms with E-state index in [1.54, 1.807) is 24.4 Å². The Morgan fingerprint density at radius 3 is 2.46 bits per heavy atom. The topological polar surface area (TPSA) is 85.4 Å². The molecule has 1 fully saturated rings. The third-order valence-corrected chi connectivity index (χ3v) is 4.98. The zero-order chi connectivity index (χ0) is 18.5. The number of pyridine rings is 1. The van der Waals surface area contributed by atoms with Gasteiger partial charge in [0.1, 0.15) is 11.4 Å². The van der Waals surface area contributed by atoms with Gasteiger partial charge in [0, 0.05) is 6.20 Å². The zero-order valence-electron chi connectivity index (χ0n) is 14.2. The maximum absolute atomic E-state index is 12.1. The molecule has 2 heterocycles. The van der Waals surface area contributed by atoms with Gasteiger partial charge in [-0.15, -0.1) is 0 Å². The zero-order valence-corrected chi connectivity index (χ0v) is 15.0. The summed E-state index contributed by atoms with van der Waals surface area (Å²) in [7, 11) is 0. The molecule has 1 atom stereocenters. The quantitative estimate of drug-likeness (QED) is 0.755. The van der Waals surface area contributed by atoms with Crippen LogP contribution in [0.3, 0.4) is 0 Å². The van der Waals surface area contributed by atoms with Crippen LogP contribution in [0.15, 0.2) is 42.6 Å². The third kappa shape index (κ3) is 4.49. The van der Waals surface area contributed by atoms with Crippen molar-refractivity contribution in [1.29, 1.82) is 0 Å². The van der Waals surface area contributed by atoms with E-state index in [0.717, 1.165) is 29.3 Å². The number of carbonyl (C=O) groups excluding carboxylic acids is 3. The van der Waals surface area contributed by atoms with E-state index in [-0.39, 0.29) is 23.5 Å². The second-order valence-electron chi connectivity index (χ2n) is 5.85. The van der Waals surface area contributed by atoms with Gasteiger partial charge in [0.25, 0.3) is 5.24 Å². The summed E-state index contributed by atoms with van der Waals surface area (Å²) >= 11 is 1.00. The Morgan fingerprint density at radius 1 is 1.15 bits per heavy atom. The summed E-state index contributed by atoms with van der Waals surface area (Å²) in [4.78, 5) is 39.0. The Kier molecular flexibility index (Phi) is 5.68. The fourth-order valence-electron chi connectivity index (χ4n) is 2.48. The highest BCUT2D eigenvalue weighted by molar-refractivity contribution is 8.15. The number of amides is 2. The Morgan fingerprint density at radius 2 is 1.88 bits per heavy atom. The number of thioether (sulfide) groups is 1. The van der Waals surface area contributed by atoms with Crippen molar-refractivity contribution in [2.24, 2.45) is 0 Å². The van der Waals surface area contributed by atoms with Crippen LogP contribution in [-0.2, 0) is 17.6 Å². The highest BCUT2D eigenvalue weighted by Gasteiger charge is 2.31. The van der Waals surface area contributed by atoms with Crippen LogP contribution >= 0.6 is 11.8 Å². The number of aryl methyl sites for hydroxylation is 1. The van der Waals surface area contributed by atoms with Gasteiger partial charge in [0.2, 0.25) is 11.7 Å². The Hall–Kier alpha value is -2.67. The lowest BCUT2D eigenvalue weighted by Crippen LogP contribution is -2.25. The molecule has 2 amide bonds. The van der Waals surface area contributed by atoms with Crippen LogP contribution in [0.2, 0.25) is 0 Å². The van der Waals surface area contributed by atoms with Crippen molar-refractivity contribution in [3.63, 3.8) is 0 Å². The number of rotatable bonds is 7. The molecular weight excluding hydrogens is 352 g/mol. The summed E-state index contributed by atoms with van der Waals surface area (Å²) in [6, 6.07) is 10.7. The number of nitrogens with one attached hydrogen (secondary N) is 1. The van der Waals surface area contributed by atoms with Crippen LogP contribution in [-0.4, -0.2) is 33.8 Å². The second-order valence-corrected chi connectivity index (χ2v) is 7.02. The van der Waals surface area contributed by atoms with Crippen LogP contribution in [0, 0.1) is 0 Å². The first-order valence-electron chi connectivity index (χ1n) is 8.26. The molecule has 0 unspecified atom stereocenters. The van der Waals surface area contributed by atoms with E-state index < -0.39 is 5.25 Å². The van der Waals surface area contributed by atoms with Gasteiger partial charge in [0.15, 0.2) is 6.61 Å². The number of ketones is 1. The van der Waals surface area contributed by atoms with Gasteiger partial charge in [-0.2, -0.15) is 0 Å². The summed E-state index contributed by atoms with van der Waals surface area (Å²) < 4.78 is 5.51. The molecule has 1 aromatic heterocycles. The number of carbonyl (C=O) groups is 3. The SMILES string of the molecule is CCc1ccc(C(=O)COc2ccc(C[C@@H]3SC(=O)NC3=O)cc2)nc1. The van der Waals surface area contributed by atoms with E-state index in [4.69, 9.17) is 4.74 Å². The smallest absolute Gasteiger partial charge is 0.286 e. The minimum Gasteiger partial charge on any atom is -0.485 e. The van der Waals surface area contributed by atoms with Crippen LogP contribution in [0.25, 0.3) is 0 Å². The van der Waals surface area contributed by atoms with E-state index in [1.807, 2.05) is 25.1 Å². The van der Waals surface area contributed by atoms with Crippen molar-refractivity contribution in [3.05, 3.63) is 59.4 Å². The second kappa shape index (κ2) is 8.14. The van der Waals surface area contributed by atoms with Crippen molar-refractivity contribution in [2.45, 2.75) is 25.0 Å². The molecular formula is C19H18N2O4S.